The SMILES string of the molecule is O=C(O)CNC1C=CC=CN1. The van der Waals surface area contributed by atoms with Crippen LogP contribution in [0.1, 0.15) is 0 Å². The van der Waals surface area contributed by atoms with Gasteiger partial charge < -0.3 is 10.4 Å². The molecule has 0 fully saturated rings. The number of aliphatic carboxylic acids is 1. The van der Waals surface area contributed by atoms with Crippen LogP contribution >= 0.6 is 0 Å². The highest BCUT2D eigenvalue weighted by Crippen LogP contribution is 1.89. The molecule has 11 heavy (non-hydrogen) atoms. The molecule has 0 aromatic carbocycles. The summed E-state index contributed by atoms with van der Waals surface area (Å²) in [5.74, 6) is -0.852. The molecule has 3 N–H and O–H groups in total. The molecule has 0 saturated heterocycles. The first-order chi connectivity index (χ1) is 5.29. The lowest BCUT2D eigenvalue weighted by Crippen LogP contribution is -2.41. The van der Waals surface area contributed by atoms with E-state index >= 15 is 0 Å². The molecule has 4 nitrogen and oxygen atoms in total. The Kier molecular flexibility index (Phi) is 2.68. The first-order valence-electron chi connectivity index (χ1n) is 3.33. The fraction of sp³-hybridized carbons (Fsp3) is 0.286. The number of hydrogen-bond donors (Lipinski definition) is 3. The Balaban J connectivity index is 2.22. The molecule has 0 aliphatic carbocycles. The topological polar surface area (TPSA) is 61.4 Å². The minimum atomic E-state index is -0.852. The van der Waals surface area contributed by atoms with Gasteiger partial charge in [0.05, 0.1) is 12.7 Å². The molecule has 0 amide bonds. The van der Waals surface area contributed by atoms with Crippen LogP contribution in [-0.2, 0) is 4.79 Å². The molecule has 0 aromatic heterocycles. The molecule has 60 valence electrons. The Hall–Kier alpha value is -1.29. The lowest BCUT2D eigenvalue weighted by Gasteiger charge is -2.15. The lowest BCUT2D eigenvalue weighted by molar-refractivity contribution is -0.136. The maximum absolute atomic E-state index is 10.1. The zero-order chi connectivity index (χ0) is 8.10. The first kappa shape index (κ1) is 7.81. The summed E-state index contributed by atoms with van der Waals surface area (Å²) in [6.45, 7) is -0.0319. The molecule has 0 saturated carbocycles. The smallest absolute Gasteiger partial charge is 0.317 e. The van der Waals surface area contributed by atoms with Crippen molar-refractivity contribution in [2.24, 2.45) is 0 Å². The van der Waals surface area contributed by atoms with Crippen LogP contribution in [0, 0.1) is 0 Å². The normalized spacial score (nSPS) is 21.3. The molecule has 4 heteroatoms. The highest BCUT2D eigenvalue weighted by atomic mass is 16.4. The van der Waals surface area contributed by atoms with Crippen molar-refractivity contribution in [3.8, 4) is 0 Å². The van der Waals surface area contributed by atoms with Gasteiger partial charge in [-0.1, -0.05) is 6.08 Å². The summed E-state index contributed by atoms with van der Waals surface area (Å²) in [6, 6.07) is 0. The predicted octanol–water partition coefficient (Wildman–Crippen LogP) is -0.340. The van der Waals surface area contributed by atoms with Gasteiger partial charge in [-0.15, -0.1) is 0 Å². The molecule has 1 rings (SSSR count). The third kappa shape index (κ3) is 2.86. The summed E-state index contributed by atoms with van der Waals surface area (Å²) in [5, 5.41) is 14.0. The Morgan fingerprint density at radius 1 is 1.64 bits per heavy atom. The monoisotopic (exact) mass is 154 g/mol. The summed E-state index contributed by atoms with van der Waals surface area (Å²) < 4.78 is 0. The number of dihydropyridines is 1. The number of allylic oxidation sites excluding steroid dienone is 2. The van der Waals surface area contributed by atoms with E-state index in [-0.39, 0.29) is 12.7 Å². The van der Waals surface area contributed by atoms with Gasteiger partial charge in [0, 0.05) is 0 Å². The molecule has 1 heterocycles. The number of carboxylic acids is 1. The molecular formula is C7H10N2O2. The van der Waals surface area contributed by atoms with Gasteiger partial charge in [-0.05, 0) is 18.4 Å². The van der Waals surface area contributed by atoms with Crippen LogP contribution < -0.4 is 10.6 Å². The van der Waals surface area contributed by atoms with Gasteiger partial charge in [-0.2, -0.15) is 0 Å². The minimum absolute atomic E-state index is 0.0319. The Bertz CT molecular complexity index is 199. The molecule has 1 aliphatic heterocycles. The van der Waals surface area contributed by atoms with Crippen LogP contribution in [0.4, 0.5) is 0 Å². The molecule has 0 bridgehead atoms. The number of rotatable bonds is 3. The Labute approximate surface area is 64.6 Å². The zero-order valence-electron chi connectivity index (χ0n) is 5.95. The van der Waals surface area contributed by atoms with E-state index in [1.54, 1.807) is 6.20 Å². The summed E-state index contributed by atoms with van der Waals surface area (Å²) >= 11 is 0. The summed E-state index contributed by atoms with van der Waals surface area (Å²) in [5.41, 5.74) is 0. The van der Waals surface area contributed by atoms with Crippen molar-refractivity contribution in [2.45, 2.75) is 6.17 Å². The van der Waals surface area contributed by atoms with E-state index in [1.165, 1.54) is 0 Å². The number of carboxylic acid groups (broad SMARTS) is 1. The summed E-state index contributed by atoms with van der Waals surface area (Å²) in [7, 11) is 0. The highest BCUT2D eigenvalue weighted by molar-refractivity contribution is 5.69. The first-order valence-corrected chi connectivity index (χ1v) is 3.33. The van der Waals surface area contributed by atoms with E-state index in [0.29, 0.717) is 0 Å². The second-order valence-electron chi connectivity index (χ2n) is 2.16. The minimum Gasteiger partial charge on any atom is -0.480 e. The second-order valence-corrected chi connectivity index (χ2v) is 2.16. The van der Waals surface area contributed by atoms with Gasteiger partial charge in [0.1, 0.15) is 0 Å². The quantitative estimate of drug-likeness (QED) is 0.520. The lowest BCUT2D eigenvalue weighted by atomic mass is 10.3. The predicted molar refractivity (Wildman–Crippen MR) is 40.8 cm³/mol. The van der Waals surface area contributed by atoms with E-state index in [9.17, 15) is 4.79 Å². The van der Waals surface area contributed by atoms with Crippen LogP contribution in [-0.4, -0.2) is 23.8 Å². The average Bonchev–Trinajstić information content (AvgIpc) is 2.03. The fourth-order valence-corrected chi connectivity index (χ4v) is 0.770. The van der Waals surface area contributed by atoms with E-state index in [2.05, 4.69) is 10.6 Å². The fourth-order valence-electron chi connectivity index (χ4n) is 0.770. The molecule has 1 unspecified atom stereocenters. The van der Waals surface area contributed by atoms with Gasteiger partial charge in [-0.3, -0.25) is 10.1 Å². The number of nitrogens with one attached hydrogen (secondary N) is 2. The van der Waals surface area contributed by atoms with Crippen molar-refractivity contribution in [3.05, 3.63) is 24.4 Å². The van der Waals surface area contributed by atoms with E-state index in [1.807, 2.05) is 18.2 Å². The molecule has 1 atom stereocenters. The van der Waals surface area contributed by atoms with Crippen LogP contribution in [0.2, 0.25) is 0 Å². The van der Waals surface area contributed by atoms with Crippen molar-refractivity contribution >= 4 is 5.97 Å². The Morgan fingerprint density at radius 2 is 2.45 bits per heavy atom. The molecule has 1 aliphatic rings. The van der Waals surface area contributed by atoms with Gasteiger partial charge in [-0.25, -0.2) is 0 Å². The third-order valence-electron chi connectivity index (χ3n) is 1.26. The van der Waals surface area contributed by atoms with E-state index < -0.39 is 5.97 Å². The van der Waals surface area contributed by atoms with E-state index in [0.717, 1.165) is 0 Å². The average molecular weight is 154 g/mol. The summed E-state index contributed by atoms with van der Waals surface area (Å²) in [4.78, 5) is 10.1. The van der Waals surface area contributed by atoms with Gasteiger partial charge in [0.15, 0.2) is 0 Å². The van der Waals surface area contributed by atoms with Crippen molar-refractivity contribution in [3.63, 3.8) is 0 Å². The van der Waals surface area contributed by atoms with Gasteiger partial charge in [0.2, 0.25) is 0 Å². The van der Waals surface area contributed by atoms with Gasteiger partial charge in [0.25, 0.3) is 0 Å². The molecule has 0 aromatic rings. The third-order valence-corrected chi connectivity index (χ3v) is 1.26. The van der Waals surface area contributed by atoms with Crippen LogP contribution in [0.25, 0.3) is 0 Å². The standard InChI is InChI=1S/C7H10N2O2/c10-7(11)5-9-6-3-1-2-4-8-6/h1-4,6,8-9H,5H2,(H,10,11). The van der Waals surface area contributed by atoms with E-state index in [4.69, 9.17) is 5.11 Å². The van der Waals surface area contributed by atoms with Crippen molar-refractivity contribution in [1.29, 1.82) is 0 Å². The largest absolute Gasteiger partial charge is 0.480 e. The van der Waals surface area contributed by atoms with Crippen molar-refractivity contribution < 1.29 is 9.90 Å². The van der Waals surface area contributed by atoms with Crippen molar-refractivity contribution in [2.75, 3.05) is 6.54 Å². The van der Waals surface area contributed by atoms with Crippen molar-refractivity contribution in [1.82, 2.24) is 10.6 Å². The zero-order valence-corrected chi connectivity index (χ0v) is 5.95. The Morgan fingerprint density at radius 3 is 3.00 bits per heavy atom. The van der Waals surface area contributed by atoms with Crippen LogP contribution in [0.15, 0.2) is 24.4 Å². The number of carbonyl (C=O) groups is 1. The summed E-state index contributed by atoms with van der Waals surface area (Å²) in [6.07, 6.45) is 7.26. The molecule has 0 spiro atoms. The molecule has 0 radical (unpaired) electrons. The highest BCUT2D eigenvalue weighted by Gasteiger charge is 2.03. The van der Waals surface area contributed by atoms with Crippen LogP contribution in [0.3, 0.4) is 0 Å². The maximum atomic E-state index is 10.1. The number of hydrogen-bond acceptors (Lipinski definition) is 3. The van der Waals surface area contributed by atoms with Crippen LogP contribution in [0.5, 0.6) is 0 Å². The maximum Gasteiger partial charge on any atom is 0.317 e. The second kappa shape index (κ2) is 3.78. The van der Waals surface area contributed by atoms with Gasteiger partial charge >= 0.3 is 5.97 Å². The molecular weight excluding hydrogens is 144 g/mol.